The van der Waals surface area contributed by atoms with Crippen LogP contribution in [-0.4, -0.2) is 16.5 Å². The smallest absolute Gasteiger partial charge is 0.225 e. The Bertz CT molecular complexity index is 349. The summed E-state index contributed by atoms with van der Waals surface area (Å²) in [7, 11) is 0. The number of anilines is 2. The normalized spacial score (nSPS) is 24.6. The van der Waals surface area contributed by atoms with Gasteiger partial charge in [0, 0.05) is 12.6 Å². The maximum atomic E-state index is 5.64. The van der Waals surface area contributed by atoms with Gasteiger partial charge in [0.1, 0.15) is 10.4 Å². The van der Waals surface area contributed by atoms with Gasteiger partial charge in [-0.05, 0) is 40.6 Å². The molecule has 1 heterocycles. The van der Waals surface area contributed by atoms with Gasteiger partial charge in [-0.2, -0.15) is 4.98 Å². The predicted octanol–water partition coefficient (Wildman–Crippen LogP) is 2.67. The average Bonchev–Trinajstić information content (AvgIpc) is 2.60. The zero-order chi connectivity index (χ0) is 11.5. The van der Waals surface area contributed by atoms with Crippen LogP contribution in [0.1, 0.15) is 26.2 Å². The Hall–Kier alpha value is -0.840. The van der Waals surface area contributed by atoms with E-state index in [1.807, 2.05) is 0 Å². The largest absolute Gasteiger partial charge is 0.383 e. The summed E-state index contributed by atoms with van der Waals surface area (Å²) in [6.07, 6.45) is 3.95. The zero-order valence-corrected chi connectivity index (χ0v) is 11.0. The van der Waals surface area contributed by atoms with Gasteiger partial charge in [0.05, 0.1) is 0 Å². The lowest BCUT2D eigenvalue weighted by atomic mass is 10.1. The van der Waals surface area contributed by atoms with E-state index in [-0.39, 0.29) is 0 Å². The van der Waals surface area contributed by atoms with E-state index in [1.165, 1.54) is 19.3 Å². The number of nitrogens with zero attached hydrogens (tertiary/aromatic N) is 2. The fraction of sp³-hybridized carbons (Fsp3) is 0.636. The van der Waals surface area contributed by atoms with E-state index >= 15 is 0 Å². The van der Waals surface area contributed by atoms with Crippen molar-refractivity contribution >= 4 is 27.7 Å². The first kappa shape index (κ1) is 11.6. The van der Waals surface area contributed by atoms with Crippen LogP contribution < -0.4 is 11.1 Å². The molecule has 0 radical (unpaired) electrons. The van der Waals surface area contributed by atoms with Crippen LogP contribution in [-0.2, 0) is 0 Å². The zero-order valence-electron chi connectivity index (χ0n) is 9.41. The summed E-state index contributed by atoms with van der Waals surface area (Å²) in [6.45, 7) is 3.26. The van der Waals surface area contributed by atoms with Crippen molar-refractivity contribution in [3.63, 3.8) is 0 Å². The molecule has 5 heteroatoms. The van der Waals surface area contributed by atoms with Gasteiger partial charge in [-0.15, -0.1) is 0 Å². The lowest BCUT2D eigenvalue weighted by molar-refractivity contribution is 0.536. The van der Waals surface area contributed by atoms with Crippen molar-refractivity contribution in [3.8, 4) is 0 Å². The molecular weight excluding hydrogens is 268 g/mol. The SMILES string of the molecule is CC1CCC(CNc2nc(N)cc(Br)n2)C1. The number of hydrogen-bond acceptors (Lipinski definition) is 4. The first-order valence-corrected chi connectivity index (χ1v) is 6.46. The van der Waals surface area contributed by atoms with E-state index in [4.69, 9.17) is 5.73 Å². The number of nitrogen functional groups attached to an aromatic ring is 1. The van der Waals surface area contributed by atoms with Crippen LogP contribution >= 0.6 is 15.9 Å². The summed E-state index contributed by atoms with van der Waals surface area (Å²) in [6, 6.07) is 1.70. The molecule has 1 saturated carbocycles. The summed E-state index contributed by atoms with van der Waals surface area (Å²) in [4.78, 5) is 8.37. The van der Waals surface area contributed by atoms with Crippen molar-refractivity contribution in [3.05, 3.63) is 10.7 Å². The Labute approximate surface area is 104 Å². The maximum Gasteiger partial charge on any atom is 0.225 e. The molecule has 88 valence electrons. The number of rotatable bonds is 3. The molecule has 0 aliphatic heterocycles. The lowest BCUT2D eigenvalue weighted by Gasteiger charge is -2.11. The van der Waals surface area contributed by atoms with Gasteiger partial charge in [-0.1, -0.05) is 13.3 Å². The number of nitrogens with two attached hydrogens (primary N) is 1. The summed E-state index contributed by atoms with van der Waals surface area (Å²) in [5.74, 6) is 2.72. The molecule has 2 unspecified atom stereocenters. The molecule has 0 spiro atoms. The highest BCUT2D eigenvalue weighted by molar-refractivity contribution is 9.10. The van der Waals surface area contributed by atoms with Crippen LogP contribution in [0, 0.1) is 11.8 Å². The van der Waals surface area contributed by atoms with Crippen LogP contribution in [0.15, 0.2) is 10.7 Å². The number of hydrogen-bond donors (Lipinski definition) is 2. The molecule has 3 N–H and O–H groups in total. The van der Waals surface area contributed by atoms with Crippen LogP contribution in [0.2, 0.25) is 0 Å². The standard InChI is InChI=1S/C11H17BrN4/c1-7-2-3-8(4-7)6-14-11-15-9(12)5-10(13)16-11/h5,7-8H,2-4,6H2,1H3,(H3,13,14,15,16). The van der Waals surface area contributed by atoms with Gasteiger partial charge in [0.2, 0.25) is 5.95 Å². The fourth-order valence-electron chi connectivity index (χ4n) is 2.26. The first-order valence-electron chi connectivity index (χ1n) is 5.67. The van der Waals surface area contributed by atoms with Gasteiger partial charge in [-0.25, -0.2) is 4.98 Å². The van der Waals surface area contributed by atoms with Gasteiger partial charge in [0.15, 0.2) is 0 Å². The Kier molecular flexibility index (Phi) is 3.63. The molecule has 2 atom stereocenters. The monoisotopic (exact) mass is 284 g/mol. The van der Waals surface area contributed by atoms with Crippen molar-refractivity contribution < 1.29 is 0 Å². The van der Waals surface area contributed by atoms with Crippen LogP contribution in [0.4, 0.5) is 11.8 Å². The van der Waals surface area contributed by atoms with E-state index in [2.05, 4.69) is 38.1 Å². The Morgan fingerprint density at radius 2 is 2.31 bits per heavy atom. The van der Waals surface area contributed by atoms with E-state index in [0.717, 1.165) is 23.0 Å². The summed E-state index contributed by atoms with van der Waals surface area (Å²) >= 11 is 3.30. The molecule has 1 aliphatic carbocycles. The van der Waals surface area contributed by atoms with Crippen LogP contribution in [0.3, 0.4) is 0 Å². The third-order valence-electron chi connectivity index (χ3n) is 3.07. The van der Waals surface area contributed by atoms with Gasteiger partial charge < -0.3 is 11.1 Å². The highest BCUT2D eigenvalue weighted by Crippen LogP contribution is 2.30. The summed E-state index contributed by atoms with van der Waals surface area (Å²) in [5.41, 5.74) is 5.64. The predicted molar refractivity (Wildman–Crippen MR) is 69.1 cm³/mol. The first-order chi connectivity index (χ1) is 7.63. The van der Waals surface area contributed by atoms with Gasteiger partial charge >= 0.3 is 0 Å². The summed E-state index contributed by atoms with van der Waals surface area (Å²) < 4.78 is 0.724. The quantitative estimate of drug-likeness (QED) is 0.838. The van der Waals surface area contributed by atoms with Crippen molar-refractivity contribution in [2.24, 2.45) is 11.8 Å². The minimum atomic E-state index is 0.490. The minimum absolute atomic E-state index is 0.490. The minimum Gasteiger partial charge on any atom is -0.383 e. The van der Waals surface area contributed by atoms with Gasteiger partial charge in [-0.3, -0.25) is 0 Å². The average molecular weight is 285 g/mol. The molecule has 0 bridgehead atoms. The van der Waals surface area contributed by atoms with Crippen molar-refractivity contribution in [2.45, 2.75) is 26.2 Å². The number of nitrogens with one attached hydrogen (secondary N) is 1. The molecule has 1 aromatic rings. The third kappa shape index (κ3) is 3.07. The molecule has 2 rings (SSSR count). The highest BCUT2D eigenvalue weighted by Gasteiger charge is 2.21. The fourth-order valence-corrected chi connectivity index (χ4v) is 2.66. The second-order valence-electron chi connectivity index (χ2n) is 4.60. The summed E-state index contributed by atoms with van der Waals surface area (Å²) in [5, 5.41) is 3.26. The molecule has 1 aromatic heterocycles. The molecule has 0 amide bonds. The van der Waals surface area contributed by atoms with Gasteiger partial charge in [0.25, 0.3) is 0 Å². The van der Waals surface area contributed by atoms with E-state index in [1.54, 1.807) is 6.07 Å². The Morgan fingerprint density at radius 1 is 1.50 bits per heavy atom. The maximum absolute atomic E-state index is 5.64. The molecule has 0 aromatic carbocycles. The van der Waals surface area contributed by atoms with Crippen molar-refractivity contribution in [1.82, 2.24) is 9.97 Å². The third-order valence-corrected chi connectivity index (χ3v) is 3.47. The highest BCUT2D eigenvalue weighted by atomic mass is 79.9. The van der Waals surface area contributed by atoms with Crippen molar-refractivity contribution in [1.29, 1.82) is 0 Å². The number of aromatic nitrogens is 2. The number of halogens is 1. The van der Waals surface area contributed by atoms with E-state index in [0.29, 0.717) is 11.8 Å². The molecule has 1 aliphatic rings. The second-order valence-corrected chi connectivity index (χ2v) is 5.42. The van der Waals surface area contributed by atoms with Crippen LogP contribution in [0.25, 0.3) is 0 Å². The Balaban J connectivity index is 1.89. The molecular formula is C11H17BrN4. The molecule has 1 fully saturated rings. The molecule has 16 heavy (non-hydrogen) atoms. The van der Waals surface area contributed by atoms with E-state index < -0.39 is 0 Å². The molecule has 0 saturated heterocycles. The van der Waals surface area contributed by atoms with E-state index in [9.17, 15) is 0 Å². The topological polar surface area (TPSA) is 63.8 Å². The lowest BCUT2D eigenvalue weighted by Crippen LogP contribution is -2.14. The molecule has 4 nitrogen and oxygen atoms in total. The second kappa shape index (κ2) is 4.99. The Morgan fingerprint density at radius 3 is 2.94 bits per heavy atom. The van der Waals surface area contributed by atoms with Crippen molar-refractivity contribution in [2.75, 3.05) is 17.6 Å². The van der Waals surface area contributed by atoms with Crippen LogP contribution in [0.5, 0.6) is 0 Å².